The second-order valence-electron chi connectivity index (χ2n) is 7.74. The van der Waals surface area contributed by atoms with E-state index in [4.69, 9.17) is 4.74 Å². The molecule has 162 valence electrons. The Kier molecular flexibility index (Phi) is 6.95. The van der Waals surface area contributed by atoms with Gasteiger partial charge >= 0.3 is 0 Å². The van der Waals surface area contributed by atoms with E-state index in [2.05, 4.69) is 4.90 Å². The van der Waals surface area contributed by atoms with Crippen molar-refractivity contribution in [3.05, 3.63) is 58.7 Å². The van der Waals surface area contributed by atoms with E-state index in [0.29, 0.717) is 49.8 Å². The number of hydrogen-bond acceptors (Lipinski definition) is 5. The van der Waals surface area contributed by atoms with Crippen molar-refractivity contribution in [2.75, 3.05) is 32.8 Å². The van der Waals surface area contributed by atoms with Gasteiger partial charge in [0.2, 0.25) is 10.0 Å². The maximum absolute atomic E-state index is 13.0. The minimum absolute atomic E-state index is 0.0172. The van der Waals surface area contributed by atoms with E-state index in [1.807, 2.05) is 39.0 Å². The zero-order valence-electron chi connectivity index (χ0n) is 18.1. The molecule has 0 atom stereocenters. The Labute approximate surface area is 179 Å². The van der Waals surface area contributed by atoms with Crippen molar-refractivity contribution in [1.82, 2.24) is 9.21 Å². The van der Waals surface area contributed by atoms with Gasteiger partial charge in [-0.25, -0.2) is 8.42 Å². The molecule has 0 radical (unpaired) electrons. The molecule has 0 spiro atoms. The maximum atomic E-state index is 13.0. The number of carbonyl (C=O) groups is 1. The Morgan fingerprint density at radius 2 is 1.70 bits per heavy atom. The molecule has 0 unspecified atom stereocenters. The maximum Gasteiger partial charge on any atom is 0.243 e. The highest BCUT2D eigenvalue weighted by Gasteiger charge is 2.29. The number of ether oxygens (including phenoxy) is 1. The summed E-state index contributed by atoms with van der Waals surface area (Å²) in [7, 11) is -3.49. The molecule has 30 heavy (non-hydrogen) atoms. The summed E-state index contributed by atoms with van der Waals surface area (Å²) < 4.78 is 33.3. The van der Waals surface area contributed by atoms with Gasteiger partial charge in [0.25, 0.3) is 0 Å². The predicted molar refractivity (Wildman–Crippen MR) is 118 cm³/mol. The molecule has 0 bridgehead atoms. The summed E-state index contributed by atoms with van der Waals surface area (Å²) in [5.74, 6) is 0.788. The molecule has 1 heterocycles. The zero-order chi connectivity index (χ0) is 21.9. The summed E-state index contributed by atoms with van der Waals surface area (Å²) in [6.07, 6.45) is 0. The molecule has 1 fully saturated rings. The number of hydrogen-bond donors (Lipinski definition) is 0. The molecule has 0 aliphatic carbocycles. The van der Waals surface area contributed by atoms with E-state index in [0.717, 1.165) is 22.4 Å². The van der Waals surface area contributed by atoms with Gasteiger partial charge in [-0.1, -0.05) is 6.07 Å². The van der Waals surface area contributed by atoms with Crippen LogP contribution in [0.15, 0.2) is 41.3 Å². The van der Waals surface area contributed by atoms with Gasteiger partial charge in [-0.2, -0.15) is 4.31 Å². The fourth-order valence-electron chi connectivity index (χ4n) is 3.61. The van der Waals surface area contributed by atoms with Crippen molar-refractivity contribution in [2.45, 2.75) is 39.1 Å². The van der Waals surface area contributed by atoms with Gasteiger partial charge in [-0.3, -0.25) is 9.69 Å². The molecule has 0 saturated carbocycles. The number of carbonyl (C=O) groups excluding carboxylic acids is 1. The first-order valence-electron chi connectivity index (χ1n) is 10.3. The lowest BCUT2D eigenvalue weighted by molar-refractivity contribution is 0.101. The molecule has 0 amide bonds. The summed E-state index contributed by atoms with van der Waals surface area (Å²) in [5.41, 5.74) is 3.67. The van der Waals surface area contributed by atoms with Crippen molar-refractivity contribution in [2.24, 2.45) is 0 Å². The summed E-state index contributed by atoms with van der Waals surface area (Å²) in [6, 6.07) is 10.8. The summed E-state index contributed by atoms with van der Waals surface area (Å²) in [5, 5.41) is 0. The minimum Gasteiger partial charge on any atom is -0.494 e. The predicted octanol–water partition coefficient (Wildman–Crippen LogP) is 3.41. The van der Waals surface area contributed by atoms with Crippen molar-refractivity contribution in [3.8, 4) is 5.75 Å². The standard InChI is InChI=1S/C23H30N2O4S/c1-5-29-23-9-7-20(19(4)26)15-21(23)16-24-10-12-25(13-11-24)30(27,28)22-8-6-17(2)18(3)14-22/h6-9,14-15H,5,10-13,16H2,1-4H3. The molecule has 2 aromatic carbocycles. The van der Waals surface area contributed by atoms with Crippen molar-refractivity contribution in [1.29, 1.82) is 0 Å². The number of sulfonamides is 1. The topological polar surface area (TPSA) is 66.9 Å². The van der Waals surface area contributed by atoms with Crippen LogP contribution in [0.4, 0.5) is 0 Å². The van der Waals surface area contributed by atoms with Crippen LogP contribution in [0.5, 0.6) is 5.75 Å². The van der Waals surface area contributed by atoms with Crippen molar-refractivity contribution < 1.29 is 17.9 Å². The number of rotatable bonds is 7. The van der Waals surface area contributed by atoms with Crippen LogP contribution in [-0.2, 0) is 16.6 Å². The number of nitrogens with zero attached hydrogens (tertiary/aromatic N) is 2. The largest absolute Gasteiger partial charge is 0.494 e. The fraction of sp³-hybridized carbons (Fsp3) is 0.435. The number of aryl methyl sites for hydroxylation is 2. The molecule has 0 N–H and O–H groups in total. The second-order valence-corrected chi connectivity index (χ2v) is 9.68. The quantitative estimate of drug-likeness (QED) is 0.630. The second kappa shape index (κ2) is 9.29. The first-order chi connectivity index (χ1) is 14.2. The lowest BCUT2D eigenvalue weighted by Crippen LogP contribution is -2.48. The van der Waals surface area contributed by atoms with Crippen LogP contribution < -0.4 is 4.74 Å². The van der Waals surface area contributed by atoms with E-state index in [1.54, 1.807) is 29.4 Å². The average molecular weight is 431 g/mol. The average Bonchev–Trinajstić information content (AvgIpc) is 2.71. The zero-order valence-corrected chi connectivity index (χ0v) is 19.0. The van der Waals surface area contributed by atoms with E-state index < -0.39 is 10.0 Å². The molecule has 1 aliphatic rings. The third kappa shape index (κ3) is 4.91. The summed E-state index contributed by atoms with van der Waals surface area (Å²) in [6.45, 7) is 10.7. The summed E-state index contributed by atoms with van der Waals surface area (Å²) in [4.78, 5) is 14.3. The van der Waals surface area contributed by atoms with Crippen molar-refractivity contribution in [3.63, 3.8) is 0 Å². The first-order valence-corrected chi connectivity index (χ1v) is 11.7. The monoisotopic (exact) mass is 430 g/mol. The fourth-order valence-corrected chi connectivity index (χ4v) is 5.12. The molecule has 7 heteroatoms. The van der Waals surface area contributed by atoms with E-state index >= 15 is 0 Å². The van der Waals surface area contributed by atoms with Crippen LogP contribution >= 0.6 is 0 Å². The van der Waals surface area contributed by atoms with Gasteiger partial charge in [-0.05, 0) is 69.2 Å². The van der Waals surface area contributed by atoms with Gasteiger partial charge in [0, 0.05) is 43.9 Å². The smallest absolute Gasteiger partial charge is 0.243 e. The highest BCUT2D eigenvalue weighted by Crippen LogP contribution is 2.25. The van der Waals surface area contributed by atoms with E-state index in [1.165, 1.54) is 0 Å². The van der Waals surface area contributed by atoms with Crippen LogP contribution in [0.2, 0.25) is 0 Å². The minimum atomic E-state index is -3.49. The number of Topliss-reactive ketones (excluding diaryl/α,β-unsaturated/α-hetero) is 1. The SMILES string of the molecule is CCOc1ccc(C(C)=O)cc1CN1CCN(S(=O)(=O)c2ccc(C)c(C)c2)CC1. The Morgan fingerprint density at radius 3 is 2.30 bits per heavy atom. The number of benzene rings is 2. The molecule has 3 rings (SSSR count). The molecule has 1 saturated heterocycles. The Balaban J connectivity index is 1.70. The lowest BCUT2D eigenvalue weighted by atomic mass is 10.1. The summed E-state index contributed by atoms with van der Waals surface area (Å²) >= 11 is 0. The highest BCUT2D eigenvalue weighted by atomic mass is 32.2. The number of piperazine rings is 1. The van der Waals surface area contributed by atoms with Crippen LogP contribution in [0.1, 0.15) is 40.9 Å². The Hall–Kier alpha value is -2.22. The molecule has 6 nitrogen and oxygen atoms in total. The van der Waals surface area contributed by atoms with E-state index in [9.17, 15) is 13.2 Å². The van der Waals surface area contributed by atoms with E-state index in [-0.39, 0.29) is 5.78 Å². The van der Waals surface area contributed by atoms with Gasteiger partial charge in [0.1, 0.15) is 5.75 Å². The number of ketones is 1. The highest BCUT2D eigenvalue weighted by molar-refractivity contribution is 7.89. The third-order valence-corrected chi connectivity index (χ3v) is 7.50. The van der Waals surface area contributed by atoms with Gasteiger partial charge < -0.3 is 4.74 Å². The Bertz CT molecular complexity index is 1030. The molecule has 0 aromatic heterocycles. The third-order valence-electron chi connectivity index (χ3n) is 5.61. The van der Waals surface area contributed by atoms with Crippen LogP contribution in [0.25, 0.3) is 0 Å². The van der Waals surface area contributed by atoms with Crippen LogP contribution in [0.3, 0.4) is 0 Å². The lowest BCUT2D eigenvalue weighted by Gasteiger charge is -2.34. The normalized spacial score (nSPS) is 15.9. The van der Waals surface area contributed by atoms with Gasteiger partial charge in [-0.15, -0.1) is 0 Å². The Morgan fingerprint density at radius 1 is 1.00 bits per heavy atom. The van der Waals surface area contributed by atoms with Crippen LogP contribution in [0, 0.1) is 13.8 Å². The molecule has 2 aromatic rings. The first kappa shape index (κ1) is 22.5. The van der Waals surface area contributed by atoms with Gasteiger partial charge in [0.15, 0.2) is 5.78 Å². The molecule has 1 aliphatic heterocycles. The van der Waals surface area contributed by atoms with Crippen LogP contribution in [-0.4, -0.2) is 56.2 Å². The van der Waals surface area contributed by atoms with Gasteiger partial charge in [0.05, 0.1) is 11.5 Å². The van der Waals surface area contributed by atoms with Crippen molar-refractivity contribution >= 4 is 15.8 Å². The molecular formula is C23H30N2O4S. The molecular weight excluding hydrogens is 400 g/mol.